The van der Waals surface area contributed by atoms with E-state index in [1.807, 2.05) is 6.07 Å². The monoisotopic (exact) mass is 340 g/mol. The molecule has 0 spiro atoms. The zero-order valence-electron chi connectivity index (χ0n) is 13.7. The standard InChI is InChI=1S/C17H28N4O.ClH/c18-11-13-8-5-9-14(13)17(22)19-16-10-15(20-21-16)12-6-3-1-2-4-7-12;/h10,12-14H,1-9,11,18H2,(H2,19,20,21,22);1H/t13-,14-;/m1./s1. The second-order valence-electron chi connectivity index (χ2n) is 6.92. The molecule has 23 heavy (non-hydrogen) atoms. The van der Waals surface area contributed by atoms with Gasteiger partial charge in [-0.15, -0.1) is 12.4 Å². The Morgan fingerprint density at radius 2 is 1.91 bits per heavy atom. The SMILES string of the molecule is Cl.NC[C@H]1CCC[C@H]1C(=O)Nc1cc(C2CCCCCC2)[nH]n1. The number of nitrogens with one attached hydrogen (secondary N) is 2. The number of nitrogens with zero attached hydrogens (tertiary/aromatic N) is 1. The van der Waals surface area contributed by atoms with E-state index in [1.54, 1.807) is 0 Å². The van der Waals surface area contributed by atoms with E-state index in [0.29, 0.717) is 24.2 Å². The van der Waals surface area contributed by atoms with Gasteiger partial charge in [-0.25, -0.2) is 0 Å². The predicted molar refractivity (Wildman–Crippen MR) is 94.8 cm³/mol. The largest absolute Gasteiger partial charge is 0.330 e. The van der Waals surface area contributed by atoms with Crippen LogP contribution in [0, 0.1) is 11.8 Å². The van der Waals surface area contributed by atoms with Crippen molar-refractivity contribution < 1.29 is 4.79 Å². The first-order chi connectivity index (χ1) is 10.8. The Labute approximate surface area is 144 Å². The number of amides is 1. The van der Waals surface area contributed by atoms with Crippen LogP contribution in [0.1, 0.15) is 69.4 Å². The lowest BCUT2D eigenvalue weighted by Crippen LogP contribution is -2.29. The molecule has 0 saturated heterocycles. The summed E-state index contributed by atoms with van der Waals surface area (Å²) in [7, 11) is 0. The van der Waals surface area contributed by atoms with Crippen molar-refractivity contribution in [2.45, 2.75) is 63.7 Å². The number of aromatic amines is 1. The van der Waals surface area contributed by atoms with Gasteiger partial charge in [0.05, 0.1) is 0 Å². The van der Waals surface area contributed by atoms with Crippen molar-refractivity contribution in [1.82, 2.24) is 10.2 Å². The van der Waals surface area contributed by atoms with Crippen LogP contribution >= 0.6 is 12.4 Å². The minimum Gasteiger partial charge on any atom is -0.330 e. The molecule has 0 bridgehead atoms. The van der Waals surface area contributed by atoms with Crippen molar-refractivity contribution in [3.05, 3.63) is 11.8 Å². The maximum atomic E-state index is 12.4. The Bertz CT molecular complexity index is 497. The van der Waals surface area contributed by atoms with E-state index < -0.39 is 0 Å². The number of aromatic nitrogens is 2. The van der Waals surface area contributed by atoms with Gasteiger partial charge < -0.3 is 11.1 Å². The number of hydrogen-bond donors (Lipinski definition) is 3. The summed E-state index contributed by atoms with van der Waals surface area (Å²) in [6, 6.07) is 2.03. The molecule has 2 saturated carbocycles. The second-order valence-corrected chi connectivity index (χ2v) is 6.92. The number of anilines is 1. The highest BCUT2D eigenvalue weighted by Crippen LogP contribution is 2.33. The van der Waals surface area contributed by atoms with Crippen molar-refractivity contribution in [1.29, 1.82) is 0 Å². The molecule has 6 heteroatoms. The zero-order valence-corrected chi connectivity index (χ0v) is 14.5. The Morgan fingerprint density at radius 1 is 1.17 bits per heavy atom. The molecule has 1 amide bonds. The molecule has 1 heterocycles. The molecule has 0 unspecified atom stereocenters. The highest BCUT2D eigenvalue weighted by molar-refractivity contribution is 5.92. The van der Waals surface area contributed by atoms with Gasteiger partial charge in [0.2, 0.25) is 5.91 Å². The maximum absolute atomic E-state index is 12.4. The number of H-pyrrole nitrogens is 1. The van der Waals surface area contributed by atoms with Gasteiger partial charge in [0.25, 0.3) is 0 Å². The predicted octanol–water partition coefficient (Wildman–Crippen LogP) is 3.58. The van der Waals surface area contributed by atoms with E-state index in [4.69, 9.17) is 5.73 Å². The second kappa shape index (κ2) is 8.69. The first kappa shape index (κ1) is 18.3. The van der Waals surface area contributed by atoms with Crippen LogP contribution in [0.3, 0.4) is 0 Å². The Balaban J connectivity index is 0.00000192. The van der Waals surface area contributed by atoms with Crippen molar-refractivity contribution in [2.24, 2.45) is 17.6 Å². The van der Waals surface area contributed by atoms with Crippen LogP contribution in [-0.4, -0.2) is 22.6 Å². The van der Waals surface area contributed by atoms with E-state index in [1.165, 1.54) is 44.2 Å². The molecular weight excluding hydrogens is 312 g/mol. The first-order valence-corrected chi connectivity index (χ1v) is 8.84. The van der Waals surface area contributed by atoms with E-state index >= 15 is 0 Å². The molecule has 2 fully saturated rings. The topological polar surface area (TPSA) is 83.8 Å². The minimum absolute atomic E-state index is 0. The number of carbonyl (C=O) groups is 1. The summed E-state index contributed by atoms with van der Waals surface area (Å²) in [5, 5.41) is 10.4. The van der Waals surface area contributed by atoms with Crippen molar-refractivity contribution in [3.8, 4) is 0 Å². The molecule has 5 nitrogen and oxygen atoms in total. The quantitative estimate of drug-likeness (QED) is 0.732. The molecule has 2 aliphatic carbocycles. The van der Waals surface area contributed by atoms with Crippen LogP contribution in [0.15, 0.2) is 6.07 Å². The lowest BCUT2D eigenvalue weighted by atomic mass is 9.95. The van der Waals surface area contributed by atoms with Gasteiger partial charge in [-0.2, -0.15) is 5.10 Å². The minimum atomic E-state index is 0. The van der Waals surface area contributed by atoms with Gasteiger partial charge >= 0.3 is 0 Å². The molecule has 2 atom stereocenters. The fraction of sp³-hybridized carbons (Fsp3) is 0.765. The Hall–Kier alpha value is -1.07. The molecule has 1 aromatic rings. The van der Waals surface area contributed by atoms with Crippen LogP contribution in [-0.2, 0) is 4.79 Å². The molecule has 130 valence electrons. The molecule has 3 rings (SSSR count). The van der Waals surface area contributed by atoms with Gasteiger partial charge in [0.15, 0.2) is 5.82 Å². The fourth-order valence-corrected chi connectivity index (χ4v) is 4.08. The summed E-state index contributed by atoms with van der Waals surface area (Å²) in [6.45, 7) is 0.603. The molecule has 4 N–H and O–H groups in total. The van der Waals surface area contributed by atoms with Crippen LogP contribution in [0.4, 0.5) is 5.82 Å². The number of nitrogens with two attached hydrogens (primary N) is 1. The van der Waals surface area contributed by atoms with E-state index in [9.17, 15) is 4.79 Å². The Morgan fingerprint density at radius 3 is 2.61 bits per heavy atom. The average Bonchev–Trinajstić information content (AvgIpc) is 3.10. The smallest absolute Gasteiger partial charge is 0.229 e. The summed E-state index contributed by atoms with van der Waals surface area (Å²) in [6.07, 6.45) is 10.9. The first-order valence-electron chi connectivity index (χ1n) is 8.84. The van der Waals surface area contributed by atoms with Crippen molar-refractivity contribution in [2.75, 3.05) is 11.9 Å². The maximum Gasteiger partial charge on any atom is 0.229 e. The highest BCUT2D eigenvalue weighted by Gasteiger charge is 2.32. The third-order valence-corrected chi connectivity index (χ3v) is 5.44. The molecule has 1 aromatic heterocycles. The van der Waals surface area contributed by atoms with E-state index in [0.717, 1.165) is 19.3 Å². The number of rotatable bonds is 4. The molecule has 0 aliphatic heterocycles. The van der Waals surface area contributed by atoms with Gasteiger partial charge in [0, 0.05) is 23.6 Å². The summed E-state index contributed by atoms with van der Waals surface area (Å²) < 4.78 is 0. The third-order valence-electron chi connectivity index (χ3n) is 5.44. The fourth-order valence-electron chi connectivity index (χ4n) is 4.08. The summed E-state index contributed by atoms with van der Waals surface area (Å²) in [4.78, 5) is 12.4. The molecule has 0 radical (unpaired) electrons. The molecule has 2 aliphatic rings. The van der Waals surface area contributed by atoms with Crippen molar-refractivity contribution >= 4 is 24.1 Å². The lowest BCUT2D eigenvalue weighted by Gasteiger charge is -2.16. The summed E-state index contributed by atoms with van der Waals surface area (Å²) in [5.41, 5.74) is 6.95. The van der Waals surface area contributed by atoms with Crippen LogP contribution in [0.5, 0.6) is 0 Å². The third kappa shape index (κ3) is 4.48. The summed E-state index contributed by atoms with van der Waals surface area (Å²) >= 11 is 0. The van der Waals surface area contributed by atoms with Crippen LogP contribution < -0.4 is 11.1 Å². The lowest BCUT2D eigenvalue weighted by molar-refractivity contribution is -0.120. The van der Waals surface area contributed by atoms with E-state index in [2.05, 4.69) is 15.5 Å². The average molecular weight is 341 g/mol. The van der Waals surface area contributed by atoms with Gasteiger partial charge in [-0.05, 0) is 38.1 Å². The van der Waals surface area contributed by atoms with Crippen LogP contribution in [0.2, 0.25) is 0 Å². The van der Waals surface area contributed by atoms with Crippen LogP contribution in [0.25, 0.3) is 0 Å². The van der Waals surface area contributed by atoms with Gasteiger partial charge in [-0.1, -0.05) is 32.1 Å². The van der Waals surface area contributed by atoms with E-state index in [-0.39, 0.29) is 24.2 Å². The number of halogens is 1. The highest BCUT2D eigenvalue weighted by atomic mass is 35.5. The van der Waals surface area contributed by atoms with Gasteiger partial charge in [-0.3, -0.25) is 9.89 Å². The number of hydrogen-bond acceptors (Lipinski definition) is 3. The zero-order chi connectivity index (χ0) is 15.4. The number of carbonyl (C=O) groups excluding carboxylic acids is 1. The van der Waals surface area contributed by atoms with Gasteiger partial charge in [0.1, 0.15) is 0 Å². The Kier molecular flexibility index (Phi) is 6.90. The van der Waals surface area contributed by atoms with Crippen molar-refractivity contribution in [3.63, 3.8) is 0 Å². The normalized spacial score (nSPS) is 25.6. The molecule has 0 aromatic carbocycles. The summed E-state index contributed by atoms with van der Waals surface area (Å²) in [5.74, 6) is 1.73. The molecular formula is C17H29ClN4O.